The predicted octanol–water partition coefficient (Wildman–Crippen LogP) is 3.47. The summed E-state index contributed by atoms with van der Waals surface area (Å²) in [4.78, 5) is 16.7. The van der Waals surface area contributed by atoms with Crippen LogP contribution in [0.4, 0.5) is 0 Å². The monoisotopic (exact) mass is 413 g/mol. The van der Waals surface area contributed by atoms with Crippen LogP contribution in [0.2, 0.25) is 5.02 Å². The fourth-order valence-corrected chi connectivity index (χ4v) is 3.64. The van der Waals surface area contributed by atoms with E-state index in [-0.39, 0.29) is 5.91 Å². The Morgan fingerprint density at radius 1 is 1.00 bits per heavy atom. The van der Waals surface area contributed by atoms with E-state index in [1.54, 1.807) is 30.6 Å². The number of halogens is 1. The summed E-state index contributed by atoms with van der Waals surface area (Å²) >= 11 is 11.5. The molecule has 1 aliphatic rings. The van der Waals surface area contributed by atoms with Crippen LogP contribution in [0.5, 0.6) is 0 Å². The van der Waals surface area contributed by atoms with Crippen molar-refractivity contribution in [2.45, 2.75) is 6.67 Å². The largest absolute Gasteiger partial charge is 0.336 e. The molecule has 8 heteroatoms. The number of carbonyl (C=O) groups is 1. The first kappa shape index (κ1) is 18.9. The molecule has 0 bridgehead atoms. The van der Waals surface area contributed by atoms with Gasteiger partial charge in [0.15, 0.2) is 0 Å². The molecule has 28 heavy (non-hydrogen) atoms. The molecule has 0 spiro atoms. The Labute approximate surface area is 173 Å². The molecule has 1 saturated heterocycles. The van der Waals surface area contributed by atoms with Crippen LogP contribution in [-0.4, -0.2) is 56.2 Å². The summed E-state index contributed by atoms with van der Waals surface area (Å²) in [7, 11) is 0. The molecule has 0 saturated carbocycles. The number of aromatic nitrogens is 3. The quantitative estimate of drug-likeness (QED) is 0.614. The average molecular weight is 414 g/mol. The molecule has 2 heterocycles. The molecule has 0 atom stereocenters. The Morgan fingerprint density at radius 3 is 2.36 bits per heavy atom. The third-order valence-electron chi connectivity index (χ3n) is 4.85. The lowest BCUT2D eigenvalue weighted by atomic mass is 10.2. The normalized spacial score (nSPS) is 15.0. The summed E-state index contributed by atoms with van der Waals surface area (Å²) in [6, 6.07) is 17.0. The van der Waals surface area contributed by atoms with Gasteiger partial charge in [-0.1, -0.05) is 29.8 Å². The van der Waals surface area contributed by atoms with Crippen LogP contribution in [0.3, 0.4) is 0 Å². The molecule has 6 nitrogen and oxygen atoms in total. The highest BCUT2D eigenvalue weighted by atomic mass is 35.5. The van der Waals surface area contributed by atoms with Crippen LogP contribution in [0.15, 0.2) is 60.9 Å². The van der Waals surface area contributed by atoms with Gasteiger partial charge in [-0.05, 0) is 48.6 Å². The third kappa shape index (κ3) is 4.01. The van der Waals surface area contributed by atoms with Gasteiger partial charge in [0.1, 0.15) is 6.33 Å². The lowest BCUT2D eigenvalue weighted by Crippen LogP contribution is -2.49. The van der Waals surface area contributed by atoms with Gasteiger partial charge < -0.3 is 4.90 Å². The summed E-state index contributed by atoms with van der Waals surface area (Å²) in [5, 5.41) is 5.07. The maximum Gasteiger partial charge on any atom is 0.253 e. The molecule has 2 aromatic carbocycles. The number of rotatable bonds is 4. The predicted molar refractivity (Wildman–Crippen MR) is 111 cm³/mol. The van der Waals surface area contributed by atoms with Crippen LogP contribution in [0.25, 0.3) is 5.69 Å². The number of hydrogen-bond acceptors (Lipinski definition) is 4. The SMILES string of the molecule is O=C(c1ccc(Cl)cc1)N1CCN(Cn2ncn(-c3ccccc3)c2=S)CC1. The molecule has 1 fully saturated rings. The highest BCUT2D eigenvalue weighted by molar-refractivity contribution is 7.71. The Bertz CT molecular complexity index is 1010. The second kappa shape index (κ2) is 8.26. The molecule has 4 rings (SSSR count). The van der Waals surface area contributed by atoms with Gasteiger partial charge in [0.2, 0.25) is 4.77 Å². The van der Waals surface area contributed by atoms with Crippen molar-refractivity contribution in [1.29, 1.82) is 0 Å². The molecular formula is C20H20ClN5OS. The highest BCUT2D eigenvalue weighted by Crippen LogP contribution is 2.14. The molecule has 0 N–H and O–H groups in total. The van der Waals surface area contributed by atoms with E-state index in [2.05, 4.69) is 10.00 Å². The van der Waals surface area contributed by atoms with Crippen LogP contribution >= 0.6 is 23.8 Å². The van der Waals surface area contributed by atoms with E-state index in [0.717, 1.165) is 18.8 Å². The van der Waals surface area contributed by atoms with E-state index in [1.807, 2.05) is 44.5 Å². The fraction of sp³-hybridized carbons (Fsp3) is 0.250. The number of piperazine rings is 1. The lowest BCUT2D eigenvalue weighted by molar-refractivity contribution is 0.0585. The van der Waals surface area contributed by atoms with Crippen molar-refractivity contribution in [2.24, 2.45) is 0 Å². The number of benzene rings is 2. The number of hydrogen-bond donors (Lipinski definition) is 0. The van der Waals surface area contributed by atoms with Gasteiger partial charge in [-0.25, -0.2) is 4.68 Å². The minimum absolute atomic E-state index is 0.0429. The molecule has 0 aliphatic carbocycles. The highest BCUT2D eigenvalue weighted by Gasteiger charge is 2.22. The minimum Gasteiger partial charge on any atom is -0.336 e. The maximum atomic E-state index is 12.6. The van der Waals surface area contributed by atoms with Gasteiger partial charge in [0.25, 0.3) is 5.91 Å². The molecular weight excluding hydrogens is 394 g/mol. The van der Waals surface area contributed by atoms with Crippen molar-refractivity contribution in [1.82, 2.24) is 24.1 Å². The summed E-state index contributed by atoms with van der Waals surface area (Å²) in [5.41, 5.74) is 1.67. The number of amides is 1. The number of para-hydroxylation sites is 1. The lowest BCUT2D eigenvalue weighted by Gasteiger charge is -2.34. The molecule has 0 radical (unpaired) electrons. The van der Waals surface area contributed by atoms with Crippen molar-refractivity contribution in [3.63, 3.8) is 0 Å². The van der Waals surface area contributed by atoms with Gasteiger partial charge >= 0.3 is 0 Å². The van der Waals surface area contributed by atoms with Crippen molar-refractivity contribution in [2.75, 3.05) is 26.2 Å². The summed E-state index contributed by atoms with van der Waals surface area (Å²) in [6.07, 6.45) is 1.75. The Balaban J connectivity index is 1.37. The smallest absolute Gasteiger partial charge is 0.253 e. The van der Waals surface area contributed by atoms with Crippen LogP contribution in [-0.2, 0) is 6.67 Å². The van der Waals surface area contributed by atoms with E-state index in [9.17, 15) is 4.79 Å². The molecule has 0 unspecified atom stereocenters. The van der Waals surface area contributed by atoms with Crippen LogP contribution in [0.1, 0.15) is 10.4 Å². The zero-order valence-electron chi connectivity index (χ0n) is 15.2. The van der Waals surface area contributed by atoms with Crippen LogP contribution < -0.4 is 0 Å². The summed E-state index contributed by atoms with van der Waals surface area (Å²) in [5.74, 6) is 0.0429. The molecule has 1 amide bonds. The first-order valence-corrected chi connectivity index (χ1v) is 9.87. The first-order valence-electron chi connectivity index (χ1n) is 9.09. The van der Waals surface area contributed by atoms with E-state index >= 15 is 0 Å². The second-order valence-electron chi connectivity index (χ2n) is 6.68. The average Bonchev–Trinajstić information content (AvgIpc) is 3.09. The third-order valence-corrected chi connectivity index (χ3v) is 5.51. The Morgan fingerprint density at radius 2 is 1.68 bits per heavy atom. The molecule has 1 aliphatic heterocycles. The Kier molecular flexibility index (Phi) is 5.57. The van der Waals surface area contributed by atoms with Crippen molar-refractivity contribution in [3.05, 3.63) is 76.3 Å². The van der Waals surface area contributed by atoms with Crippen molar-refractivity contribution in [3.8, 4) is 5.69 Å². The van der Waals surface area contributed by atoms with Crippen molar-refractivity contribution >= 4 is 29.7 Å². The number of carbonyl (C=O) groups excluding carboxylic acids is 1. The molecule has 1 aromatic heterocycles. The van der Waals surface area contributed by atoms with Crippen LogP contribution in [0, 0.1) is 4.77 Å². The minimum atomic E-state index is 0.0429. The van der Waals surface area contributed by atoms with Gasteiger partial charge in [-0.15, -0.1) is 0 Å². The van der Waals surface area contributed by atoms with Crippen molar-refractivity contribution < 1.29 is 4.79 Å². The van der Waals surface area contributed by atoms with Gasteiger partial charge in [0, 0.05) is 42.5 Å². The standard InChI is InChI=1S/C20H20ClN5OS/c21-17-8-6-16(7-9-17)19(27)24-12-10-23(11-13-24)15-26-20(28)25(14-22-26)18-4-2-1-3-5-18/h1-9,14H,10-13,15H2. The van der Waals surface area contributed by atoms with Gasteiger partial charge in [-0.2, -0.15) is 5.10 Å². The van der Waals surface area contributed by atoms with Gasteiger partial charge in [0.05, 0.1) is 6.67 Å². The summed E-state index contributed by atoms with van der Waals surface area (Å²) < 4.78 is 4.38. The van der Waals surface area contributed by atoms with E-state index in [1.165, 1.54) is 0 Å². The molecule has 144 valence electrons. The zero-order valence-corrected chi connectivity index (χ0v) is 16.8. The van der Waals surface area contributed by atoms with E-state index in [4.69, 9.17) is 23.8 Å². The Hall–Kier alpha value is -2.48. The van der Waals surface area contributed by atoms with Gasteiger partial charge in [-0.3, -0.25) is 14.3 Å². The zero-order chi connectivity index (χ0) is 19.5. The maximum absolute atomic E-state index is 12.6. The first-order chi connectivity index (χ1) is 13.6. The van der Waals surface area contributed by atoms with E-state index in [0.29, 0.717) is 35.1 Å². The second-order valence-corrected chi connectivity index (χ2v) is 7.48. The number of nitrogens with zero attached hydrogens (tertiary/aromatic N) is 5. The van der Waals surface area contributed by atoms with E-state index < -0.39 is 0 Å². The fourth-order valence-electron chi connectivity index (χ4n) is 3.26. The molecule has 3 aromatic rings. The topological polar surface area (TPSA) is 46.3 Å². The summed E-state index contributed by atoms with van der Waals surface area (Å²) in [6.45, 7) is 3.52.